The van der Waals surface area contributed by atoms with Crippen molar-refractivity contribution in [2.45, 2.75) is 83.0 Å². The van der Waals surface area contributed by atoms with Crippen molar-refractivity contribution in [3.63, 3.8) is 0 Å². The molecule has 0 atom stereocenters. The molecule has 0 fully saturated rings. The molecular formula is C56H52F2GeIrN4O-2. The van der Waals surface area contributed by atoms with E-state index in [0.717, 1.165) is 33.4 Å². The minimum Gasteiger partial charge on any atom is 0 e. The molecule has 0 aliphatic rings. The van der Waals surface area contributed by atoms with E-state index in [2.05, 4.69) is 130 Å². The molecule has 331 valence electrons. The van der Waals surface area contributed by atoms with Crippen LogP contribution >= 0.6 is 0 Å². The smallest absolute Gasteiger partial charge is 0 e. The van der Waals surface area contributed by atoms with Gasteiger partial charge in [0.2, 0.25) is 0 Å². The standard InChI is InChI=1S/C41H37FGeN3O.C15H15FN.Ir/c1-24(2)33-21-28(26-15-18-29(19-16-26)43(5,6)7)22-34(25(3)4)38(33)46-36-14-9-8-13-35(36)45-41(46)32-12-10-11-30-31-20-17-27(23-44)37(42)40(31)47-39(30)32;1-15(2,3)12-8-9-17-14(10-12)11-4-6-13(16)7-5-11;/h8-11,13-22,24-25H,1-7H3;4,6-10H,1-3H3;/q2*-1;. The first kappa shape index (κ1) is 47.3. The minimum atomic E-state index is -1.94. The van der Waals surface area contributed by atoms with Crippen LogP contribution in [0.3, 0.4) is 0 Å². The van der Waals surface area contributed by atoms with Crippen LogP contribution in [0.25, 0.3) is 72.4 Å². The Morgan fingerprint density at radius 1 is 0.769 bits per heavy atom. The molecule has 0 saturated carbocycles. The monoisotopic (exact) mass is 1100 g/mol. The summed E-state index contributed by atoms with van der Waals surface area (Å²) in [5.41, 5.74) is 11.9. The Balaban J connectivity index is 0.000000295. The molecule has 9 rings (SSSR count). The maximum absolute atomic E-state index is 15.4. The molecule has 0 N–H and O–H groups in total. The third kappa shape index (κ3) is 9.38. The van der Waals surface area contributed by atoms with Crippen molar-refractivity contribution < 1.29 is 33.3 Å². The average molecular weight is 1100 g/mol. The molecule has 0 saturated heterocycles. The van der Waals surface area contributed by atoms with Crippen molar-refractivity contribution in [2.24, 2.45) is 0 Å². The van der Waals surface area contributed by atoms with Gasteiger partial charge in [-0.15, -0.1) is 42.0 Å². The van der Waals surface area contributed by atoms with Crippen molar-refractivity contribution in [2.75, 3.05) is 0 Å². The molecule has 0 amide bonds. The molecule has 65 heavy (non-hydrogen) atoms. The fourth-order valence-corrected chi connectivity index (χ4v) is 10.6. The van der Waals surface area contributed by atoms with Crippen molar-refractivity contribution in [3.8, 4) is 45.5 Å². The SMILES string of the molecule is CC(C)(C)c1ccnc(-c2[c-]cc(F)cc2)c1.CC(C)c1cc(-c2cc[c]([Ge]([CH3])([CH3])[CH3])cc2)cc(C(C)C)c1-n1c(-c2[c-]ccc3c2oc2c(F)c(C#N)ccc23)nc2ccccc21.[Ir]. The number of imidazole rings is 1. The predicted molar refractivity (Wildman–Crippen MR) is 261 cm³/mol. The van der Waals surface area contributed by atoms with Gasteiger partial charge >= 0.3 is 201 Å². The minimum absolute atomic E-state index is 0. The van der Waals surface area contributed by atoms with Crippen LogP contribution in [0.15, 0.2) is 126 Å². The number of pyridine rings is 1. The first-order valence-corrected chi connectivity index (χ1v) is 29.2. The summed E-state index contributed by atoms with van der Waals surface area (Å²) < 4.78 is 38.2. The van der Waals surface area contributed by atoms with Crippen LogP contribution < -0.4 is 4.40 Å². The van der Waals surface area contributed by atoms with Crippen molar-refractivity contribution in [1.29, 1.82) is 5.26 Å². The Kier molecular flexibility index (Phi) is 13.6. The molecule has 0 aliphatic carbocycles. The molecule has 0 bridgehead atoms. The number of para-hydroxylation sites is 2. The van der Waals surface area contributed by atoms with Crippen LogP contribution in [0.5, 0.6) is 0 Å². The number of hydrogen-bond donors (Lipinski definition) is 0. The number of benzene rings is 6. The number of hydrogen-bond acceptors (Lipinski definition) is 4. The fraction of sp³-hybridized carbons (Fsp3) is 0.232. The summed E-state index contributed by atoms with van der Waals surface area (Å²) in [7, 11) is 0. The van der Waals surface area contributed by atoms with Crippen LogP contribution in [0, 0.1) is 35.1 Å². The molecule has 0 unspecified atom stereocenters. The molecule has 3 heterocycles. The summed E-state index contributed by atoms with van der Waals surface area (Å²) in [5, 5.41) is 10.8. The van der Waals surface area contributed by atoms with Gasteiger partial charge in [0.05, 0.1) is 5.56 Å². The summed E-state index contributed by atoms with van der Waals surface area (Å²) in [6.07, 6.45) is 1.78. The summed E-state index contributed by atoms with van der Waals surface area (Å²) >= 11 is -1.94. The first-order valence-electron chi connectivity index (χ1n) is 21.8. The molecule has 0 aliphatic heterocycles. The van der Waals surface area contributed by atoms with Gasteiger partial charge in [0.25, 0.3) is 0 Å². The Morgan fingerprint density at radius 2 is 1.45 bits per heavy atom. The van der Waals surface area contributed by atoms with Gasteiger partial charge in [-0.2, -0.15) is 5.26 Å². The molecule has 3 aromatic heterocycles. The van der Waals surface area contributed by atoms with Gasteiger partial charge in [-0.1, -0.05) is 44.4 Å². The average Bonchev–Trinajstić information content (AvgIpc) is 3.85. The quantitative estimate of drug-likeness (QED) is 0.118. The van der Waals surface area contributed by atoms with Crippen molar-refractivity contribution in [1.82, 2.24) is 14.5 Å². The van der Waals surface area contributed by atoms with Gasteiger partial charge in [-0.05, 0) is 28.8 Å². The molecule has 1 radical (unpaired) electrons. The number of rotatable bonds is 7. The maximum atomic E-state index is 15.4. The predicted octanol–water partition coefficient (Wildman–Crippen LogP) is 14.8. The van der Waals surface area contributed by atoms with Crippen LogP contribution in [-0.2, 0) is 25.5 Å². The van der Waals surface area contributed by atoms with E-state index < -0.39 is 19.1 Å². The van der Waals surface area contributed by atoms with Gasteiger partial charge in [0, 0.05) is 37.5 Å². The number of nitrogens with zero attached hydrogens (tertiary/aromatic N) is 4. The normalized spacial score (nSPS) is 11.8. The maximum Gasteiger partial charge on any atom is 0 e. The Morgan fingerprint density at radius 3 is 2.06 bits per heavy atom. The zero-order valence-electron chi connectivity index (χ0n) is 38.5. The topological polar surface area (TPSA) is 67.6 Å². The third-order valence-corrected chi connectivity index (χ3v) is 16.2. The zero-order chi connectivity index (χ0) is 45.7. The molecule has 6 aromatic carbocycles. The number of aromatic nitrogens is 3. The van der Waals surface area contributed by atoms with E-state index in [9.17, 15) is 9.65 Å². The Labute approximate surface area is 397 Å². The number of furan rings is 1. The Bertz CT molecular complexity index is 3190. The van der Waals surface area contributed by atoms with Gasteiger partial charge < -0.3 is 9.40 Å². The zero-order valence-corrected chi connectivity index (χ0v) is 43.0. The number of halogens is 2. The van der Waals surface area contributed by atoms with E-state index >= 15 is 4.39 Å². The third-order valence-electron chi connectivity index (χ3n) is 11.8. The van der Waals surface area contributed by atoms with E-state index in [0.29, 0.717) is 22.4 Å². The second-order valence-electron chi connectivity index (χ2n) is 19.1. The fourth-order valence-electron chi connectivity index (χ4n) is 8.20. The van der Waals surface area contributed by atoms with Crippen molar-refractivity contribution in [3.05, 3.63) is 167 Å². The summed E-state index contributed by atoms with van der Waals surface area (Å²) in [4.78, 5) is 9.48. The second kappa shape index (κ2) is 18.6. The summed E-state index contributed by atoms with van der Waals surface area (Å²) in [6.45, 7) is 15.4. The molecule has 0 spiro atoms. The van der Waals surface area contributed by atoms with Crippen LogP contribution in [0.4, 0.5) is 8.78 Å². The number of nitriles is 1. The van der Waals surface area contributed by atoms with E-state index in [1.807, 2.05) is 48.5 Å². The van der Waals surface area contributed by atoms with Crippen LogP contribution in [0.2, 0.25) is 17.3 Å². The summed E-state index contributed by atoms with van der Waals surface area (Å²) in [5.74, 6) is 7.44. The van der Waals surface area contributed by atoms with Gasteiger partial charge in [0.15, 0.2) is 11.4 Å². The van der Waals surface area contributed by atoms with E-state index in [1.54, 1.807) is 18.3 Å². The molecular weight excluding hydrogens is 1050 g/mol. The van der Waals surface area contributed by atoms with E-state index in [1.165, 1.54) is 50.4 Å². The van der Waals surface area contributed by atoms with Crippen LogP contribution in [0.1, 0.15) is 82.6 Å². The molecule has 5 nitrogen and oxygen atoms in total. The first-order chi connectivity index (χ1) is 30.4. The van der Waals surface area contributed by atoms with Crippen molar-refractivity contribution >= 4 is 50.6 Å². The molecule has 9 aromatic rings. The van der Waals surface area contributed by atoms with E-state index in [-0.39, 0.29) is 54.3 Å². The van der Waals surface area contributed by atoms with Crippen LogP contribution in [-0.4, -0.2) is 27.8 Å². The second-order valence-corrected chi connectivity index (χ2v) is 29.8. The van der Waals surface area contributed by atoms with Gasteiger partial charge in [-0.3, -0.25) is 4.39 Å². The number of fused-ring (bicyclic) bond motifs is 4. The Hall–Kier alpha value is -5.72. The van der Waals surface area contributed by atoms with Gasteiger partial charge in [0.1, 0.15) is 6.07 Å². The summed E-state index contributed by atoms with van der Waals surface area (Å²) in [6, 6.07) is 45.7. The van der Waals surface area contributed by atoms with Gasteiger partial charge in [-0.25, -0.2) is 4.39 Å². The van der Waals surface area contributed by atoms with E-state index in [4.69, 9.17) is 9.40 Å². The largest absolute Gasteiger partial charge is 0 e. The molecule has 9 heteroatoms.